The average Bonchev–Trinajstić information content (AvgIpc) is 2.84. The van der Waals surface area contributed by atoms with E-state index >= 15 is 0 Å². The number of nitrogens with one attached hydrogen (secondary N) is 1. The Morgan fingerprint density at radius 1 is 1.22 bits per heavy atom. The van der Waals surface area contributed by atoms with Crippen LogP contribution in [-0.2, 0) is 10.0 Å². The van der Waals surface area contributed by atoms with Crippen LogP contribution < -0.4 is 10.1 Å². The number of carbonyl (C=O) groups is 1. The van der Waals surface area contributed by atoms with Gasteiger partial charge in [-0.2, -0.15) is 4.31 Å². The van der Waals surface area contributed by atoms with Gasteiger partial charge in [-0.05, 0) is 37.3 Å². The number of likely N-dealkylation sites (N-methyl/N-ethyl adjacent to an activating group) is 1. The van der Waals surface area contributed by atoms with Gasteiger partial charge in [0.2, 0.25) is 10.0 Å². The van der Waals surface area contributed by atoms with Crippen molar-refractivity contribution in [1.82, 2.24) is 9.21 Å². The summed E-state index contributed by atoms with van der Waals surface area (Å²) in [6.45, 7) is 7.55. The summed E-state index contributed by atoms with van der Waals surface area (Å²) < 4.78 is 34.8. The highest BCUT2D eigenvalue weighted by atomic mass is 32.2. The molecule has 0 aliphatic carbocycles. The van der Waals surface area contributed by atoms with Crippen LogP contribution in [0.4, 0.5) is 10.5 Å². The highest BCUT2D eigenvalue weighted by Gasteiger charge is 2.38. The van der Waals surface area contributed by atoms with E-state index in [1.165, 1.54) is 15.3 Å². The van der Waals surface area contributed by atoms with Gasteiger partial charge in [-0.1, -0.05) is 50.8 Å². The number of fused-ring (bicyclic) bond motifs is 1. The van der Waals surface area contributed by atoms with Crippen molar-refractivity contribution >= 4 is 21.7 Å². The zero-order valence-electron chi connectivity index (χ0n) is 21.4. The molecular weight excluding hydrogens is 478 g/mol. The summed E-state index contributed by atoms with van der Waals surface area (Å²) in [6.07, 6.45) is -0.507. The van der Waals surface area contributed by atoms with Gasteiger partial charge < -0.3 is 20.1 Å². The van der Waals surface area contributed by atoms with Gasteiger partial charge in [0.25, 0.3) is 0 Å². The van der Waals surface area contributed by atoms with Crippen molar-refractivity contribution in [1.29, 1.82) is 0 Å². The fraction of sp³-hybridized carbons (Fsp3) is 0.444. The summed E-state index contributed by atoms with van der Waals surface area (Å²) >= 11 is 0. The third-order valence-electron chi connectivity index (χ3n) is 6.00. The summed E-state index contributed by atoms with van der Waals surface area (Å²) in [6, 6.07) is 13.0. The predicted molar refractivity (Wildman–Crippen MR) is 140 cm³/mol. The van der Waals surface area contributed by atoms with Crippen molar-refractivity contribution in [3.63, 3.8) is 0 Å². The van der Waals surface area contributed by atoms with E-state index in [9.17, 15) is 18.3 Å². The van der Waals surface area contributed by atoms with Crippen molar-refractivity contribution in [3.8, 4) is 17.6 Å². The molecule has 1 aliphatic rings. The second-order valence-electron chi connectivity index (χ2n) is 9.50. The van der Waals surface area contributed by atoms with Gasteiger partial charge in [0.05, 0.1) is 13.2 Å². The van der Waals surface area contributed by atoms with E-state index < -0.39 is 22.2 Å². The van der Waals surface area contributed by atoms with Crippen LogP contribution in [-0.4, -0.2) is 67.7 Å². The smallest absolute Gasteiger partial charge is 0.321 e. The second-order valence-corrected chi connectivity index (χ2v) is 11.4. The quantitative estimate of drug-likeness (QED) is 0.595. The first kappa shape index (κ1) is 27.5. The third kappa shape index (κ3) is 6.58. The molecule has 2 amide bonds. The lowest BCUT2D eigenvalue weighted by Crippen LogP contribution is -2.50. The maximum atomic E-state index is 13.6. The van der Waals surface area contributed by atoms with Crippen LogP contribution in [0.1, 0.15) is 33.3 Å². The Kier molecular flexibility index (Phi) is 9.01. The van der Waals surface area contributed by atoms with E-state index in [4.69, 9.17) is 4.74 Å². The number of anilines is 1. The van der Waals surface area contributed by atoms with E-state index in [2.05, 4.69) is 17.2 Å². The van der Waals surface area contributed by atoms with Crippen LogP contribution in [0.3, 0.4) is 0 Å². The maximum Gasteiger partial charge on any atom is 0.321 e. The number of amides is 2. The van der Waals surface area contributed by atoms with Crippen LogP contribution >= 0.6 is 0 Å². The van der Waals surface area contributed by atoms with E-state index in [1.54, 1.807) is 38.2 Å². The van der Waals surface area contributed by atoms with Crippen LogP contribution in [0.2, 0.25) is 0 Å². The lowest BCUT2D eigenvalue weighted by Gasteiger charge is -2.37. The van der Waals surface area contributed by atoms with Gasteiger partial charge in [0, 0.05) is 42.7 Å². The predicted octanol–water partition coefficient (Wildman–Crippen LogP) is 3.63. The standard InChI is InChI=1S/C27H35N3O5S/c1-19(2)11-12-22-13-14-26-24(15-22)35-25(20(3)16-30(21(4)18-31)36(26,33)34)17-29(5)27(32)28-23-9-7-6-8-10-23/h6-10,13-15,19-21,25,31H,16-18H2,1-5H3,(H,28,32)/t20-,21+,25+/m0/s1. The van der Waals surface area contributed by atoms with E-state index in [1.807, 2.05) is 39.0 Å². The number of ether oxygens (including phenoxy) is 1. The fourth-order valence-corrected chi connectivity index (χ4v) is 5.67. The largest absolute Gasteiger partial charge is 0.487 e. The first-order valence-corrected chi connectivity index (χ1v) is 13.5. The molecule has 0 saturated heterocycles. The molecule has 3 atom stereocenters. The Balaban J connectivity index is 1.96. The number of sulfonamides is 1. The van der Waals surface area contributed by atoms with Gasteiger partial charge in [0.1, 0.15) is 16.7 Å². The lowest BCUT2D eigenvalue weighted by atomic mass is 10.0. The van der Waals surface area contributed by atoms with Crippen molar-refractivity contribution in [3.05, 3.63) is 54.1 Å². The monoisotopic (exact) mass is 513 g/mol. The maximum absolute atomic E-state index is 13.6. The first-order chi connectivity index (χ1) is 17.0. The summed E-state index contributed by atoms with van der Waals surface area (Å²) in [5.41, 5.74) is 1.32. The molecule has 0 bridgehead atoms. The molecule has 0 radical (unpaired) electrons. The SMILES string of the molecule is CC(C)C#Cc1ccc2c(c1)O[C@H](CN(C)C(=O)Nc1ccccc1)[C@@H](C)CN([C@H](C)CO)S2(=O)=O. The summed E-state index contributed by atoms with van der Waals surface area (Å²) in [5, 5.41) is 12.6. The fourth-order valence-electron chi connectivity index (χ4n) is 3.84. The van der Waals surface area contributed by atoms with Crippen molar-refractivity contribution in [2.45, 2.75) is 44.7 Å². The zero-order valence-corrected chi connectivity index (χ0v) is 22.2. The Morgan fingerprint density at radius 3 is 2.56 bits per heavy atom. The number of benzene rings is 2. The number of rotatable bonds is 5. The minimum absolute atomic E-state index is 0.0196. The second kappa shape index (κ2) is 11.8. The summed E-state index contributed by atoms with van der Waals surface area (Å²) in [4.78, 5) is 14.4. The molecule has 1 aliphatic heterocycles. The molecule has 2 aromatic rings. The van der Waals surface area contributed by atoms with Gasteiger partial charge >= 0.3 is 6.03 Å². The number of urea groups is 1. The summed E-state index contributed by atoms with van der Waals surface area (Å²) in [7, 11) is -2.27. The van der Waals surface area contributed by atoms with Gasteiger partial charge in [0.15, 0.2) is 0 Å². The molecule has 2 N–H and O–H groups in total. The van der Waals surface area contributed by atoms with Crippen molar-refractivity contribution in [2.24, 2.45) is 11.8 Å². The minimum Gasteiger partial charge on any atom is -0.487 e. The highest BCUT2D eigenvalue weighted by Crippen LogP contribution is 2.34. The number of hydrogen-bond acceptors (Lipinski definition) is 5. The molecule has 0 unspecified atom stereocenters. The van der Waals surface area contributed by atoms with Crippen LogP contribution in [0, 0.1) is 23.7 Å². The Morgan fingerprint density at radius 2 is 1.92 bits per heavy atom. The van der Waals surface area contributed by atoms with Gasteiger partial charge in [-0.25, -0.2) is 13.2 Å². The molecule has 1 heterocycles. The number of para-hydroxylation sites is 1. The number of aliphatic hydroxyl groups excluding tert-OH is 1. The number of nitrogens with zero attached hydrogens (tertiary/aromatic N) is 2. The average molecular weight is 514 g/mol. The van der Waals surface area contributed by atoms with Crippen LogP contribution in [0.15, 0.2) is 53.4 Å². The van der Waals surface area contributed by atoms with Crippen molar-refractivity contribution in [2.75, 3.05) is 32.1 Å². The lowest BCUT2D eigenvalue weighted by molar-refractivity contribution is 0.0830. The normalized spacial score (nSPS) is 20.1. The van der Waals surface area contributed by atoms with Crippen LogP contribution in [0.25, 0.3) is 0 Å². The van der Waals surface area contributed by atoms with Gasteiger partial charge in [-0.3, -0.25) is 0 Å². The first-order valence-electron chi connectivity index (χ1n) is 12.0. The van der Waals surface area contributed by atoms with E-state index in [0.717, 1.165) is 0 Å². The zero-order chi connectivity index (χ0) is 26.5. The molecule has 0 saturated carbocycles. The molecule has 9 heteroatoms. The number of aliphatic hydroxyl groups is 1. The molecule has 3 rings (SSSR count). The van der Waals surface area contributed by atoms with Gasteiger partial charge in [-0.15, -0.1) is 0 Å². The van der Waals surface area contributed by atoms with Crippen molar-refractivity contribution < 1.29 is 23.1 Å². The number of carbonyl (C=O) groups excluding carboxylic acids is 1. The number of hydrogen-bond donors (Lipinski definition) is 2. The molecule has 0 fully saturated rings. The Hall–Kier alpha value is -3.06. The summed E-state index contributed by atoms with van der Waals surface area (Å²) in [5.74, 6) is 6.21. The molecule has 8 nitrogen and oxygen atoms in total. The Bertz CT molecular complexity index is 1220. The Labute approximate surface area is 214 Å². The molecule has 0 aromatic heterocycles. The molecule has 194 valence electrons. The minimum atomic E-state index is -3.94. The molecule has 2 aromatic carbocycles. The van der Waals surface area contributed by atoms with E-state index in [0.29, 0.717) is 11.3 Å². The molecule has 36 heavy (non-hydrogen) atoms. The molecular formula is C27H35N3O5S. The van der Waals surface area contributed by atoms with E-state index in [-0.39, 0.29) is 48.2 Å². The third-order valence-corrected chi connectivity index (χ3v) is 8.02. The van der Waals surface area contributed by atoms with Crippen LogP contribution in [0.5, 0.6) is 5.75 Å². The topological polar surface area (TPSA) is 99.2 Å². The highest BCUT2D eigenvalue weighted by molar-refractivity contribution is 7.89. The molecule has 0 spiro atoms.